The Balaban J connectivity index is 1.19. The van der Waals surface area contributed by atoms with E-state index in [-0.39, 0.29) is 0 Å². The highest BCUT2D eigenvalue weighted by Gasteiger charge is 2.25. The molecule has 0 amide bonds. The number of anilines is 1. The van der Waals surface area contributed by atoms with Gasteiger partial charge in [0.15, 0.2) is 0 Å². The maximum atomic E-state index is 4.28. The monoisotopic (exact) mass is 403 g/mol. The lowest BCUT2D eigenvalue weighted by atomic mass is 9.93. The first-order chi connectivity index (χ1) is 14.9. The molecule has 7 nitrogen and oxygen atoms in total. The van der Waals surface area contributed by atoms with E-state index in [9.17, 15) is 0 Å². The standard InChI is InChI=1S/C23H29N7/c1(5-21-14-25-9-10-29(21)15-18-3-2-8-24-12-18)4-19-13-26-23-7-6-20(11-22(19)23)30-16-27-28-17-30/h2-3,6-8,11-12,16-17,19,21,25-26H,1,4-5,9-10,13-15H2. The fourth-order valence-corrected chi connectivity index (χ4v) is 4.77. The van der Waals surface area contributed by atoms with Crippen molar-refractivity contribution in [1.82, 2.24) is 30.0 Å². The molecule has 3 aromatic rings. The summed E-state index contributed by atoms with van der Waals surface area (Å²) in [4.78, 5) is 6.90. The number of fused-ring (bicyclic) bond motifs is 1. The van der Waals surface area contributed by atoms with Crippen LogP contribution in [0.3, 0.4) is 0 Å². The lowest BCUT2D eigenvalue weighted by Gasteiger charge is -2.36. The van der Waals surface area contributed by atoms with E-state index < -0.39 is 0 Å². The zero-order chi connectivity index (χ0) is 20.2. The van der Waals surface area contributed by atoms with Crippen molar-refractivity contribution in [1.29, 1.82) is 0 Å². The van der Waals surface area contributed by atoms with Crippen LogP contribution in [0.4, 0.5) is 5.69 Å². The van der Waals surface area contributed by atoms with Gasteiger partial charge in [-0.05, 0) is 48.2 Å². The third-order valence-corrected chi connectivity index (χ3v) is 6.40. The van der Waals surface area contributed by atoms with E-state index in [0.717, 1.165) is 38.4 Å². The molecule has 156 valence electrons. The van der Waals surface area contributed by atoms with Gasteiger partial charge in [-0.3, -0.25) is 14.5 Å². The van der Waals surface area contributed by atoms with Gasteiger partial charge in [0.2, 0.25) is 0 Å². The summed E-state index contributed by atoms with van der Waals surface area (Å²) in [6, 6.07) is 11.4. The van der Waals surface area contributed by atoms with Gasteiger partial charge >= 0.3 is 0 Å². The van der Waals surface area contributed by atoms with Crippen LogP contribution < -0.4 is 10.6 Å². The van der Waals surface area contributed by atoms with Crippen LogP contribution in [-0.2, 0) is 6.54 Å². The molecule has 30 heavy (non-hydrogen) atoms. The number of aromatic nitrogens is 4. The molecule has 2 atom stereocenters. The first-order valence-corrected chi connectivity index (χ1v) is 10.9. The number of piperazine rings is 1. The fourth-order valence-electron chi connectivity index (χ4n) is 4.77. The van der Waals surface area contributed by atoms with Crippen molar-refractivity contribution in [2.45, 2.75) is 37.8 Å². The summed E-state index contributed by atoms with van der Waals surface area (Å²) >= 11 is 0. The number of hydrogen-bond acceptors (Lipinski definition) is 6. The van der Waals surface area contributed by atoms with Gasteiger partial charge in [0.1, 0.15) is 12.7 Å². The largest absolute Gasteiger partial charge is 0.384 e. The maximum absolute atomic E-state index is 4.28. The van der Waals surface area contributed by atoms with Crippen LogP contribution in [-0.4, -0.2) is 56.9 Å². The highest BCUT2D eigenvalue weighted by Crippen LogP contribution is 2.36. The quantitative estimate of drug-likeness (QED) is 0.632. The summed E-state index contributed by atoms with van der Waals surface area (Å²) in [5.74, 6) is 0.569. The second kappa shape index (κ2) is 8.93. The molecule has 2 N–H and O–H groups in total. The summed E-state index contributed by atoms with van der Waals surface area (Å²) in [5, 5.41) is 15.0. The van der Waals surface area contributed by atoms with Crippen LogP contribution in [0, 0.1) is 0 Å². The van der Waals surface area contributed by atoms with Crippen LogP contribution in [0.5, 0.6) is 0 Å². The molecule has 0 spiro atoms. The van der Waals surface area contributed by atoms with Crippen molar-refractivity contribution >= 4 is 5.69 Å². The van der Waals surface area contributed by atoms with E-state index >= 15 is 0 Å². The average Bonchev–Trinajstić information content (AvgIpc) is 3.46. The normalized spacial score (nSPS) is 21.3. The van der Waals surface area contributed by atoms with Crippen molar-refractivity contribution < 1.29 is 0 Å². The Morgan fingerprint density at radius 3 is 2.87 bits per heavy atom. The highest BCUT2D eigenvalue weighted by molar-refractivity contribution is 5.61. The molecule has 1 saturated heterocycles. The molecule has 1 fully saturated rings. The van der Waals surface area contributed by atoms with Crippen molar-refractivity contribution in [3.63, 3.8) is 0 Å². The predicted molar refractivity (Wildman–Crippen MR) is 118 cm³/mol. The van der Waals surface area contributed by atoms with Gasteiger partial charge in [-0.25, -0.2) is 0 Å². The molecule has 0 aliphatic carbocycles. The number of nitrogens with one attached hydrogen (secondary N) is 2. The van der Waals surface area contributed by atoms with Crippen molar-refractivity contribution in [3.8, 4) is 5.69 Å². The highest BCUT2D eigenvalue weighted by atomic mass is 15.2. The topological polar surface area (TPSA) is 70.9 Å². The Kier molecular flexibility index (Phi) is 5.72. The molecule has 2 aliphatic heterocycles. The van der Waals surface area contributed by atoms with Gasteiger partial charge in [0.05, 0.1) is 0 Å². The molecule has 0 radical (unpaired) electrons. The van der Waals surface area contributed by atoms with E-state index in [2.05, 4.69) is 55.0 Å². The summed E-state index contributed by atoms with van der Waals surface area (Å²) in [7, 11) is 0. The van der Waals surface area contributed by atoms with Crippen LogP contribution in [0.1, 0.15) is 36.3 Å². The smallest absolute Gasteiger partial charge is 0.123 e. The minimum Gasteiger partial charge on any atom is -0.384 e. The Morgan fingerprint density at radius 2 is 2.00 bits per heavy atom. The van der Waals surface area contributed by atoms with Crippen LogP contribution in [0.15, 0.2) is 55.4 Å². The van der Waals surface area contributed by atoms with E-state index in [4.69, 9.17) is 0 Å². The average molecular weight is 404 g/mol. The van der Waals surface area contributed by atoms with Crippen molar-refractivity contribution in [3.05, 3.63) is 66.5 Å². The minimum atomic E-state index is 0.569. The molecular formula is C23H29N7. The van der Waals surface area contributed by atoms with Gasteiger partial charge in [0, 0.05) is 68.5 Å². The molecule has 0 saturated carbocycles. The van der Waals surface area contributed by atoms with E-state index in [1.54, 1.807) is 12.7 Å². The molecule has 2 aliphatic rings. The number of hydrogen-bond donors (Lipinski definition) is 2. The fraction of sp³-hybridized carbons (Fsp3) is 0.435. The van der Waals surface area contributed by atoms with Crippen molar-refractivity contribution in [2.24, 2.45) is 0 Å². The van der Waals surface area contributed by atoms with Gasteiger partial charge < -0.3 is 10.6 Å². The van der Waals surface area contributed by atoms with Crippen LogP contribution >= 0.6 is 0 Å². The van der Waals surface area contributed by atoms with Crippen LogP contribution in [0.2, 0.25) is 0 Å². The Labute approximate surface area is 177 Å². The Morgan fingerprint density at radius 1 is 1.07 bits per heavy atom. The third-order valence-electron chi connectivity index (χ3n) is 6.40. The summed E-state index contributed by atoms with van der Waals surface area (Å²) in [5.41, 5.74) is 5.14. The van der Waals surface area contributed by atoms with Crippen LogP contribution in [0.25, 0.3) is 5.69 Å². The molecular weight excluding hydrogens is 374 g/mol. The van der Waals surface area contributed by atoms with Gasteiger partial charge in [-0.15, -0.1) is 10.2 Å². The second-order valence-corrected chi connectivity index (χ2v) is 8.34. The molecule has 2 unspecified atom stereocenters. The number of pyridine rings is 1. The Bertz CT molecular complexity index is 941. The summed E-state index contributed by atoms with van der Waals surface area (Å²) in [6.45, 7) is 5.29. The number of rotatable bonds is 7. The third kappa shape index (κ3) is 4.22. The molecule has 7 heteroatoms. The zero-order valence-corrected chi connectivity index (χ0v) is 17.2. The Hall–Kier alpha value is -2.77. The van der Waals surface area contributed by atoms with E-state index in [0.29, 0.717) is 12.0 Å². The van der Waals surface area contributed by atoms with Gasteiger partial charge in [0.25, 0.3) is 0 Å². The predicted octanol–water partition coefficient (Wildman–Crippen LogP) is 2.82. The zero-order valence-electron chi connectivity index (χ0n) is 17.2. The van der Waals surface area contributed by atoms with E-state index in [1.165, 1.54) is 36.1 Å². The lowest BCUT2D eigenvalue weighted by Crippen LogP contribution is -2.50. The number of nitrogens with zero attached hydrogens (tertiary/aromatic N) is 5. The SMILES string of the molecule is c1cncc(CN2CCNCC2CCCC2CNc3ccc(-n4cnnc4)cc32)c1. The first-order valence-electron chi connectivity index (χ1n) is 10.9. The first kappa shape index (κ1) is 19.2. The van der Waals surface area contributed by atoms with Crippen molar-refractivity contribution in [2.75, 3.05) is 31.5 Å². The molecule has 2 aromatic heterocycles. The van der Waals surface area contributed by atoms with Gasteiger partial charge in [-0.1, -0.05) is 12.5 Å². The number of benzene rings is 1. The summed E-state index contributed by atoms with van der Waals surface area (Å²) in [6.07, 6.45) is 11.0. The lowest BCUT2D eigenvalue weighted by molar-refractivity contribution is 0.142. The second-order valence-electron chi connectivity index (χ2n) is 8.34. The molecule has 0 bridgehead atoms. The molecule has 5 rings (SSSR count). The molecule has 1 aromatic carbocycles. The molecule has 4 heterocycles. The van der Waals surface area contributed by atoms with Gasteiger partial charge in [-0.2, -0.15) is 0 Å². The minimum absolute atomic E-state index is 0.569. The maximum Gasteiger partial charge on any atom is 0.123 e. The van der Waals surface area contributed by atoms with E-state index in [1.807, 2.05) is 23.0 Å². The summed E-state index contributed by atoms with van der Waals surface area (Å²) < 4.78 is 1.97.